The molecule has 1 saturated heterocycles. The molecule has 0 N–H and O–H groups in total. The molecule has 0 amide bonds. The van der Waals surface area contributed by atoms with E-state index in [2.05, 4.69) is 4.99 Å². The number of hydrogen-bond donors (Lipinski definition) is 0. The molecule has 74 valence electrons. The Labute approximate surface area is 82.3 Å². The molecular weight excluding hydrogens is 208 g/mol. The van der Waals surface area contributed by atoms with Crippen LogP contribution in [0.1, 0.15) is 0 Å². The Morgan fingerprint density at radius 1 is 1.46 bits per heavy atom. The maximum absolute atomic E-state index is 11.2. The van der Waals surface area contributed by atoms with Gasteiger partial charge in [0, 0.05) is 19.3 Å². The van der Waals surface area contributed by atoms with Crippen LogP contribution >= 0.6 is 11.8 Å². The normalized spacial score (nSPS) is 35.7. The molecule has 0 unspecified atom stereocenters. The molecule has 0 bridgehead atoms. The highest BCUT2D eigenvalue weighted by Gasteiger charge is 2.42. The molecule has 4 nitrogen and oxygen atoms in total. The van der Waals surface area contributed by atoms with Crippen molar-refractivity contribution in [1.82, 2.24) is 4.90 Å². The standard InChI is InChI=1S/C7H12N2O2S2/c1-9(2)7-8-5-3-13(10,11)4-6(5)12-7/h5-6H,3-4H2,1-2H3/t5-,6-/m1/s1. The lowest BCUT2D eigenvalue weighted by Gasteiger charge is -2.11. The van der Waals surface area contributed by atoms with Crippen LogP contribution in [0.25, 0.3) is 0 Å². The van der Waals surface area contributed by atoms with Gasteiger partial charge in [-0.15, -0.1) is 0 Å². The number of amidine groups is 1. The van der Waals surface area contributed by atoms with Crippen LogP contribution in [-0.2, 0) is 9.84 Å². The molecule has 0 spiro atoms. The van der Waals surface area contributed by atoms with Gasteiger partial charge in [-0.3, -0.25) is 4.99 Å². The fourth-order valence-corrected chi connectivity index (χ4v) is 5.25. The molecule has 0 aliphatic carbocycles. The van der Waals surface area contributed by atoms with Crippen molar-refractivity contribution in [2.75, 3.05) is 25.6 Å². The second-order valence-electron chi connectivity index (χ2n) is 3.61. The van der Waals surface area contributed by atoms with Crippen LogP contribution in [0.2, 0.25) is 0 Å². The van der Waals surface area contributed by atoms with Gasteiger partial charge in [-0.05, 0) is 0 Å². The summed E-state index contributed by atoms with van der Waals surface area (Å²) < 4.78 is 22.4. The van der Waals surface area contributed by atoms with E-state index in [0.717, 1.165) is 5.17 Å². The predicted molar refractivity (Wildman–Crippen MR) is 54.9 cm³/mol. The van der Waals surface area contributed by atoms with Gasteiger partial charge in [0.25, 0.3) is 0 Å². The van der Waals surface area contributed by atoms with Gasteiger partial charge in [-0.25, -0.2) is 8.42 Å². The van der Waals surface area contributed by atoms with Crippen molar-refractivity contribution >= 4 is 26.8 Å². The summed E-state index contributed by atoms with van der Waals surface area (Å²) >= 11 is 1.59. The molecule has 2 atom stereocenters. The van der Waals surface area contributed by atoms with Gasteiger partial charge >= 0.3 is 0 Å². The van der Waals surface area contributed by atoms with E-state index in [1.807, 2.05) is 19.0 Å². The highest BCUT2D eigenvalue weighted by Crippen LogP contribution is 2.34. The smallest absolute Gasteiger partial charge is 0.159 e. The van der Waals surface area contributed by atoms with Crippen LogP contribution < -0.4 is 0 Å². The first-order valence-electron chi connectivity index (χ1n) is 4.10. The summed E-state index contributed by atoms with van der Waals surface area (Å²) in [7, 11) is 1.06. The molecule has 0 saturated carbocycles. The van der Waals surface area contributed by atoms with E-state index < -0.39 is 9.84 Å². The first kappa shape index (κ1) is 9.33. The predicted octanol–water partition coefficient (Wildman–Crippen LogP) is -0.184. The Hall–Kier alpha value is -0.230. The summed E-state index contributed by atoms with van der Waals surface area (Å²) in [6, 6.07) is 0.00685. The first-order chi connectivity index (χ1) is 5.98. The number of fused-ring (bicyclic) bond motifs is 1. The minimum absolute atomic E-state index is 0.00685. The molecule has 0 radical (unpaired) electrons. The van der Waals surface area contributed by atoms with Crippen molar-refractivity contribution < 1.29 is 8.42 Å². The summed E-state index contributed by atoms with van der Waals surface area (Å²) in [6.45, 7) is 0. The second-order valence-corrected chi connectivity index (χ2v) is 6.97. The third kappa shape index (κ3) is 1.69. The average molecular weight is 220 g/mol. The van der Waals surface area contributed by atoms with Gasteiger partial charge in [-0.1, -0.05) is 11.8 Å². The molecule has 0 aromatic rings. The van der Waals surface area contributed by atoms with Crippen LogP contribution in [0.5, 0.6) is 0 Å². The Bertz CT molecular complexity index is 348. The SMILES string of the molecule is CN(C)C1=N[C@@H]2CS(=O)(=O)C[C@H]2S1. The van der Waals surface area contributed by atoms with E-state index in [4.69, 9.17) is 0 Å². The van der Waals surface area contributed by atoms with E-state index in [9.17, 15) is 8.42 Å². The minimum Gasteiger partial charge on any atom is -0.358 e. The largest absolute Gasteiger partial charge is 0.358 e. The molecule has 1 fully saturated rings. The summed E-state index contributed by atoms with van der Waals surface area (Å²) in [5.41, 5.74) is 0. The molecular formula is C7H12N2O2S2. The molecule has 2 aliphatic rings. The van der Waals surface area contributed by atoms with Crippen molar-refractivity contribution in [3.05, 3.63) is 0 Å². The zero-order valence-corrected chi connectivity index (χ0v) is 9.23. The van der Waals surface area contributed by atoms with Crippen LogP contribution in [0.3, 0.4) is 0 Å². The van der Waals surface area contributed by atoms with Gasteiger partial charge in [0.15, 0.2) is 15.0 Å². The summed E-state index contributed by atoms with van der Waals surface area (Å²) in [5, 5.41) is 1.13. The third-order valence-corrected chi connectivity index (χ3v) is 5.58. The molecule has 2 heterocycles. The second kappa shape index (κ2) is 2.88. The average Bonchev–Trinajstić information content (AvgIpc) is 2.39. The van der Waals surface area contributed by atoms with Crippen molar-refractivity contribution in [3.63, 3.8) is 0 Å². The van der Waals surface area contributed by atoms with Crippen molar-refractivity contribution in [3.8, 4) is 0 Å². The fourth-order valence-electron chi connectivity index (χ4n) is 1.56. The lowest BCUT2D eigenvalue weighted by atomic mass is 10.3. The number of hydrogen-bond acceptors (Lipinski definition) is 5. The van der Waals surface area contributed by atoms with E-state index >= 15 is 0 Å². The summed E-state index contributed by atoms with van der Waals surface area (Å²) in [4.78, 5) is 6.31. The topological polar surface area (TPSA) is 49.7 Å². The zero-order chi connectivity index (χ0) is 9.64. The molecule has 6 heteroatoms. The molecule has 2 aliphatic heterocycles. The van der Waals surface area contributed by atoms with Gasteiger partial charge in [0.1, 0.15) is 0 Å². The first-order valence-corrected chi connectivity index (χ1v) is 6.80. The van der Waals surface area contributed by atoms with Crippen LogP contribution in [0.4, 0.5) is 0 Å². The van der Waals surface area contributed by atoms with E-state index in [0.29, 0.717) is 5.75 Å². The van der Waals surface area contributed by atoms with Gasteiger partial charge in [-0.2, -0.15) is 0 Å². The monoisotopic (exact) mass is 220 g/mol. The fraction of sp³-hybridized carbons (Fsp3) is 0.857. The highest BCUT2D eigenvalue weighted by molar-refractivity contribution is 8.15. The maximum Gasteiger partial charge on any atom is 0.159 e. The van der Waals surface area contributed by atoms with E-state index in [1.54, 1.807) is 11.8 Å². The van der Waals surface area contributed by atoms with Crippen LogP contribution in [-0.4, -0.2) is 55.4 Å². The lowest BCUT2D eigenvalue weighted by Crippen LogP contribution is -2.18. The van der Waals surface area contributed by atoms with Gasteiger partial charge in [0.2, 0.25) is 0 Å². The van der Waals surface area contributed by atoms with Gasteiger partial charge in [0.05, 0.1) is 17.5 Å². The Morgan fingerprint density at radius 3 is 2.69 bits per heavy atom. The lowest BCUT2D eigenvalue weighted by molar-refractivity contribution is 0.600. The molecule has 0 aromatic carbocycles. The van der Waals surface area contributed by atoms with Gasteiger partial charge < -0.3 is 4.90 Å². The van der Waals surface area contributed by atoms with E-state index in [-0.39, 0.29) is 17.0 Å². The zero-order valence-electron chi connectivity index (χ0n) is 7.60. The quantitative estimate of drug-likeness (QED) is 0.568. The van der Waals surface area contributed by atoms with Crippen molar-refractivity contribution in [1.29, 1.82) is 0 Å². The molecule has 2 rings (SSSR count). The Balaban J connectivity index is 2.17. The van der Waals surface area contributed by atoms with Crippen molar-refractivity contribution in [2.24, 2.45) is 4.99 Å². The number of aliphatic imine (C=N–C) groups is 1. The number of sulfone groups is 1. The maximum atomic E-state index is 11.2. The Morgan fingerprint density at radius 2 is 2.15 bits per heavy atom. The minimum atomic E-state index is -2.80. The number of nitrogens with zero attached hydrogens (tertiary/aromatic N) is 2. The third-order valence-electron chi connectivity index (χ3n) is 2.19. The molecule has 13 heavy (non-hydrogen) atoms. The number of thioether (sulfide) groups is 1. The van der Waals surface area contributed by atoms with Crippen LogP contribution in [0, 0.1) is 0 Å². The number of rotatable bonds is 0. The summed E-state index contributed by atoms with van der Waals surface area (Å²) in [5.74, 6) is 0.533. The van der Waals surface area contributed by atoms with Crippen LogP contribution in [0.15, 0.2) is 4.99 Å². The van der Waals surface area contributed by atoms with Crippen molar-refractivity contribution in [2.45, 2.75) is 11.3 Å². The van der Waals surface area contributed by atoms with E-state index in [1.165, 1.54) is 0 Å². The Kier molecular flexibility index (Phi) is 2.07. The summed E-state index contributed by atoms with van der Waals surface area (Å²) in [6.07, 6.45) is 0. The highest BCUT2D eigenvalue weighted by atomic mass is 32.2. The molecule has 0 aromatic heterocycles.